The maximum absolute atomic E-state index is 5.57. The molecule has 0 spiro atoms. The van der Waals surface area contributed by atoms with E-state index in [-0.39, 0.29) is 0 Å². The summed E-state index contributed by atoms with van der Waals surface area (Å²) in [6, 6.07) is 0. The van der Waals surface area contributed by atoms with Crippen molar-refractivity contribution in [3.05, 3.63) is 22.8 Å². The number of rotatable bonds is 1. The van der Waals surface area contributed by atoms with Gasteiger partial charge in [-0.3, -0.25) is 0 Å². The van der Waals surface area contributed by atoms with Crippen LogP contribution >= 0.6 is 0 Å². The second kappa shape index (κ2) is 4.70. The summed E-state index contributed by atoms with van der Waals surface area (Å²) in [5.41, 5.74) is 3.71. The van der Waals surface area contributed by atoms with Crippen molar-refractivity contribution in [1.82, 2.24) is 15.3 Å². The standard InChI is InChI=1S/C13H19N3O/c1-9-15-12-4-6-17-8-11(12)13(16-9)10-3-2-5-14-7-10/h10,14H,2-8H2,1H3. The van der Waals surface area contributed by atoms with Crippen LogP contribution in [0, 0.1) is 6.92 Å². The van der Waals surface area contributed by atoms with Gasteiger partial charge >= 0.3 is 0 Å². The highest BCUT2D eigenvalue weighted by molar-refractivity contribution is 5.30. The number of aromatic nitrogens is 2. The Morgan fingerprint density at radius 2 is 2.29 bits per heavy atom. The lowest BCUT2D eigenvalue weighted by molar-refractivity contribution is 0.107. The lowest BCUT2D eigenvalue weighted by Gasteiger charge is -2.27. The number of piperidine rings is 1. The minimum atomic E-state index is 0.542. The second-order valence-corrected chi connectivity index (χ2v) is 4.93. The first-order valence-corrected chi connectivity index (χ1v) is 6.49. The zero-order valence-electron chi connectivity index (χ0n) is 10.3. The fourth-order valence-electron chi connectivity index (χ4n) is 2.81. The van der Waals surface area contributed by atoms with Crippen molar-refractivity contribution in [1.29, 1.82) is 0 Å². The van der Waals surface area contributed by atoms with Gasteiger partial charge in [0.05, 0.1) is 24.6 Å². The predicted molar refractivity (Wildman–Crippen MR) is 65.0 cm³/mol. The lowest BCUT2D eigenvalue weighted by atomic mass is 9.91. The molecule has 1 aromatic heterocycles. The molecule has 17 heavy (non-hydrogen) atoms. The first-order chi connectivity index (χ1) is 8.34. The number of aryl methyl sites for hydroxylation is 1. The van der Waals surface area contributed by atoms with Gasteiger partial charge in [0.25, 0.3) is 0 Å². The van der Waals surface area contributed by atoms with Crippen LogP contribution in [0.25, 0.3) is 0 Å². The fraction of sp³-hybridized carbons (Fsp3) is 0.692. The van der Waals surface area contributed by atoms with Crippen LogP contribution in [0.1, 0.15) is 41.5 Å². The summed E-state index contributed by atoms with van der Waals surface area (Å²) in [6.45, 7) is 5.67. The molecule has 0 aliphatic carbocycles. The molecule has 3 rings (SSSR count). The molecule has 1 atom stereocenters. The number of nitrogens with one attached hydrogen (secondary N) is 1. The summed E-state index contributed by atoms with van der Waals surface area (Å²) in [7, 11) is 0. The van der Waals surface area contributed by atoms with E-state index < -0.39 is 0 Å². The Morgan fingerprint density at radius 1 is 1.35 bits per heavy atom. The van der Waals surface area contributed by atoms with Gasteiger partial charge in [-0.1, -0.05) is 0 Å². The molecule has 2 aliphatic rings. The van der Waals surface area contributed by atoms with Crippen molar-refractivity contribution in [3.8, 4) is 0 Å². The quantitative estimate of drug-likeness (QED) is 0.795. The summed E-state index contributed by atoms with van der Waals surface area (Å²) in [4.78, 5) is 9.24. The van der Waals surface area contributed by atoms with Gasteiger partial charge in [-0.15, -0.1) is 0 Å². The van der Waals surface area contributed by atoms with E-state index in [0.717, 1.165) is 31.9 Å². The number of hydrogen-bond donors (Lipinski definition) is 1. The summed E-state index contributed by atoms with van der Waals surface area (Å²) in [6.07, 6.45) is 3.41. The number of fused-ring (bicyclic) bond motifs is 1. The van der Waals surface area contributed by atoms with Gasteiger partial charge in [0, 0.05) is 24.4 Å². The molecule has 1 N–H and O–H groups in total. The van der Waals surface area contributed by atoms with Crippen LogP contribution in [0.4, 0.5) is 0 Å². The van der Waals surface area contributed by atoms with E-state index >= 15 is 0 Å². The maximum Gasteiger partial charge on any atom is 0.125 e. The molecule has 1 unspecified atom stereocenters. The van der Waals surface area contributed by atoms with E-state index in [9.17, 15) is 0 Å². The number of ether oxygens (including phenoxy) is 1. The maximum atomic E-state index is 5.57. The van der Waals surface area contributed by atoms with Crippen LogP contribution in [0.3, 0.4) is 0 Å². The third-order valence-corrected chi connectivity index (χ3v) is 3.65. The van der Waals surface area contributed by atoms with Gasteiger partial charge in [0.15, 0.2) is 0 Å². The van der Waals surface area contributed by atoms with Crippen molar-refractivity contribution in [2.45, 2.75) is 38.7 Å². The highest BCUT2D eigenvalue weighted by Gasteiger charge is 2.24. The van der Waals surface area contributed by atoms with E-state index in [0.29, 0.717) is 12.5 Å². The van der Waals surface area contributed by atoms with Crippen LogP contribution in [-0.4, -0.2) is 29.7 Å². The molecule has 1 fully saturated rings. The largest absolute Gasteiger partial charge is 0.376 e. The normalized spacial score (nSPS) is 24.4. The Bertz CT molecular complexity index is 413. The Labute approximate surface area is 102 Å². The molecule has 92 valence electrons. The Morgan fingerprint density at radius 3 is 3.12 bits per heavy atom. The van der Waals surface area contributed by atoms with Crippen LogP contribution in [0.5, 0.6) is 0 Å². The first kappa shape index (κ1) is 11.1. The summed E-state index contributed by atoms with van der Waals surface area (Å²) < 4.78 is 5.57. The average molecular weight is 233 g/mol. The molecule has 4 nitrogen and oxygen atoms in total. The van der Waals surface area contributed by atoms with Crippen LogP contribution < -0.4 is 5.32 Å². The van der Waals surface area contributed by atoms with E-state index in [4.69, 9.17) is 4.74 Å². The molecule has 2 aliphatic heterocycles. The van der Waals surface area contributed by atoms with Gasteiger partial charge in [0.1, 0.15) is 5.82 Å². The van der Waals surface area contributed by atoms with E-state index in [1.807, 2.05) is 6.92 Å². The van der Waals surface area contributed by atoms with E-state index in [1.165, 1.54) is 29.8 Å². The molecule has 0 amide bonds. The molecule has 0 aromatic carbocycles. The minimum absolute atomic E-state index is 0.542. The number of nitrogens with zero attached hydrogens (tertiary/aromatic N) is 2. The van der Waals surface area contributed by atoms with Crippen molar-refractivity contribution in [2.24, 2.45) is 0 Å². The third kappa shape index (κ3) is 2.19. The van der Waals surface area contributed by atoms with Crippen molar-refractivity contribution in [2.75, 3.05) is 19.7 Å². The van der Waals surface area contributed by atoms with Gasteiger partial charge < -0.3 is 10.1 Å². The molecular formula is C13H19N3O. The van der Waals surface area contributed by atoms with Crippen molar-refractivity contribution in [3.63, 3.8) is 0 Å². The molecule has 0 radical (unpaired) electrons. The predicted octanol–water partition coefficient (Wildman–Crippen LogP) is 1.32. The Hall–Kier alpha value is -1.00. The van der Waals surface area contributed by atoms with Gasteiger partial charge in [0.2, 0.25) is 0 Å². The summed E-state index contributed by atoms with van der Waals surface area (Å²) >= 11 is 0. The molecule has 1 saturated heterocycles. The lowest BCUT2D eigenvalue weighted by Crippen LogP contribution is -2.30. The fourth-order valence-corrected chi connectivity index (χ4v) is 2.81. The Kier molecular flexibility index (Phi) is 3.07. The highest BCUT2D eigenvalue weighted by Crippen LogP contribution is 2.28. The third-order valence-electron chi connectivity index (χ3n) is 3.65. The zero-order chi connectivity index (χ0) is 11.7. The zero-order valence-corrected chi connectivity index (χ0v) is 10.3. The van der Waals surface area contributed by atoms with Gasteiger partial charge in [-0.05, 0) is 26.3 Å². The summed E-state index contributed by atoms with van der Waals surface area (Å²) in [5.74, 6) is 1.45. The van der Waals surface area contributed by atoms with Gasteiger partial charge in [-0.2, -0.15) is 0 Å². The SMILES string of the molecule is Cc1nc2c(c(C3CCCNC3)n1)COCC2. The minimum Gasteiger partial charge on any atom is -0.376 e. The van der Waals surface area contributed by atoms with Crippen LogP contribution in [-0.2, 0) is 17.8 Å². The molecule has 0 saturated carbocycles. The van der Waals surface area contributed by atoms with Crippen LogP contribution in [0.2, 0.25) is 0 Å². The first-order valence-electron chi connectivity index (χ1n) is 6.49. The molecule has 3 heterocycles. The average Bonchev–Trinajstić information content (AvgIpc) is 2.39. The van der Waals surface area contributed by atoms with E-state index in [2.05, 4.69) is 15.3 Å². The topological polar surface area (TPSA) is 47.0 Å². The van der Waals surface area contributed by atoms with Crippen molar-refractivity contribution >= 4 is 0 Å². The van der Waals surface area contributed by atoms with Crippen molar-refractivity contribution < 1.29 is 4.74 Å². The second-order valence-electron chi connectivity index (χ2n) is 4.93. The highest BCUT2D eigenvalue weighted by atomic mass is 16.5. The molecule has 4 heteroatoms. The summed E-state index contributed by atoms with van der Waals surface area (Å²) in [5, 5.41) is 3.46. The van der Waals surface area contributed by atoms with Crippen LogP contribution in [0.15, 0.2) is 0 Å². The smallest absolute Gasteiger partial charge is 0.125 e. The van der Waals surface area contributed by atoms with Gasteiger partial charge in [-0.25, -0.2) is 9.97 Å². The molecule has 1 aromatic rings. The van der Waals surface area contributed by atoms with E-state index in [1.54, 1.807) is 0 Å². The number of hydrogen-bond acceptors (Lipinski definition) is 4. The monoisotopic (exact) mass is 233 g/mol. The Balaban J connectivity index is 1.98. The molecule has 0 bridgehead atoms. The molecular weight excluding hydrogens is 214 g/mol.